The molecule has 0 aromatic heterocycles. The number of benzene rings is 2. The minimum atomic E-state index is -0.772. The average Bonchev–Trinajstić information content (AvgIpc) is 2.94. The van der Waals surface area contributed by atoms with Crippen molar-refractivity contribution in [3.63, 3.8) is 0 Å². The van der Waals surface area contributed by atoms with E-state index in [4.69, 9.17) is 4.74 Å². The van der Waals surface area contributed by atoms with Gasteiger partial charge in [-0.3, -0.25) is 0 Å². The van der Waals surface area contributed by atoms with E-state index in [0.29, 0.717) is 0 Å². The van der Waals surface area contributed by atoms with Crippen LogP contribution in [-0.4, -0.2) is 13.1 Å². The van der Waals surface area contributed by atoms with Crippen LogP contribution >= 0.6 is 0 Å². The largest absolute Gasteiger partial charge is 0.464 e. The van der Waals surface area contributed by atoms with Crippen LogP contribution in [0, 0.1) is 0 Å². The van der Waals surface area contributed by atoms with E-state index in [9.17, 15) is 4.79 Å². The molecule has 0 bridgehead atoms. The maximum absolute atomic E-state index is 11.9. The van der Waals surface area contributed by atoms with E-state index in [1.165, 1.54) is 7.11 Å². The lowest BCUT2D eigenvalue weighted by Crippen LogP contribution is -2.25. The molecule has 4 heteroatoms. The molecule has 2 aromatic carbocycles. The fourth-order valence-electron chi connectivity index (χ4n) is 2.81. The molecule has 0 saturated heterocycles. The number of carbonyl (C=O) groups excluding carboxylic acids is 1. The lowest BCUT2D eigenvalue weighted by Gasteiger charge is -2.27. The van der Waals surface area contributed by atoms with Crippen molar-refractivity contribution < 1.29 is 9.53 Å². The molecule has 0 unspecified atom stereocenters. The van der Waals surface area contributed by atoms with Gasteiger partial charge in [-0.15, -0.1) is 5.11 Å². The van der Waals surface area contributed by atoms with Crippen molar-refractivity contribution in [1.82, 2.24) is 0 Å². The van der Waals surface area contributed by atoms with Gasteiger partial charge in [0.05, 0.1) is 7.11 Å². The molecule has 22 heavy (non-hydrogen) atoms. The molecule has 3 rings (SSSR count). The van der Waals surface area contributed by atoms with Crippen molar-refractivity contribution in [3.05, 3.63) is 83.1 Å². The molecule has 0 aliphatic carbocycles. The Morgan fingerprint density at radius 1 is 0.955 bits per heavy atom. The van der Waals surface area contributed by atoms with Gasteiger partial charge in [0.2, 0.25) is 0 Å². The van der Waals surface area contributed by atoms with E-state index in [0.717, 1.165) is 16.7 Å². The fraction of sp³-hybridized carbons (Fsp3) is 0.167. The molecule has 0 N–H and O–H groups in total. The monoisotopic (exact) mass is 292 g/mol. The summed E-state index contributed by atoms with van der Waals surface area (Å²) in [5, 5.41) is 8.61. The molecular formula is C18H16N2O2. The van der Waals surface area contributed by atoms with Crippen molar-refractivity contribution >= 4 is 5.97 Å². The van der Waals surface area contributed by atoms with Gasteiger partial charge in [0, 0.05) is 5.57 Å². The topological polar surface area (TPSA) is 51.0 Å². The first kappa shape index (κ1) is 14.2. The lowest BCUT2D eigenvalue weighted by atomic mass is 9.78. The molecule has 0 saturated carbocycles. The zero-order valence-corrected chi connectivity index (χ0v) is 12.5. The van der Waals surface area contributed by atoms with Crippen LogP contribution in [0.5, 0.6) is 0 Å². The molecule has 1 aliphatic rings. The van der Waals surface area contributed by atoms with E-state index in [1.54, 1.807) is 0 Å². The standard InChI is InChI=1S/C18H16N2O2/c1-13-16(17(21)22-2)19-20-18(13,14-9-5-3-6-10-14)15-11-7-4-8-12-15/h3-12H,1-2H3. The Hall–Kier alpha value is -2.75. The van der Waals surface area contributed by atoms with Crippen molar-refractivity contribution in [2.45, 2.75) is 12.5 Å². The number of hydrogen-bond donors (Lipinski definition) is 0. The third-order valence-corrected chi connectivity index (χ3v) is 3.96. The van der Waals surface area contributed by atoms with Gasteiger partial charge < -0.3 is 4.74 Å². The minimum absolute atomic E-state index is 0.273. The van der Waals surface area contributed by atoms with Crippen LogP contribution < -0.4 is 0 Å². The molecule has 0 radical (unpaired) electrons. The molecule has 4 nitrogen and oxygen atoms in total. The SMILES string of the molecule is COC(=O)C1=C(C)C(c2ccccc2)(c2ccccc2)N=N1. The van der Waals surface area contributed by atoms with Crippen LogP contribution in [0.4, 0.5) is 0 Å². The summed E-state index contributed by atoms with van der Waals surface area (Å²) in [4.78, 5) is 11.9. The van der Waals surface area contributed by atoms with Gasteiger partial charge in [0.1, 0.15) is 0 Å². The summed E-state index contributed by atoms with van der Waals surface area (Å²) in [6.07, 6.45) is 0. The number of methoxy groups -OCH3 is 1. The number of hydrogen-bond acceptors (Lipinski definition) is 4. The van der Waals surface area contributed by atoms with E-state index in [2.05, 4.69) is 10.2 Å². The first-order valence-electron chi connectivity index (χ1n) is 7.04. The zero-order chi connectivity index (χ0) is 15.6. The Labute approximate surface area is 129 Å². The van der Waals surface area contributed by atoms with Gasteiger partial charge in [-0.05, 0) is 18.1 Å². The fourth-order valence-corrected chi connectivity index (χ4v) is 2.81. The van der Waals surface area contributed by atoms with Crippen molar-refractivity contribution in [1.29, 1.82) is 0 Å². The summed E-state index contributed by atoms with van der Waals surface area (Å²) in [6, 6.07) is 19.7. The van der Waals surface area contributed by atoms with Gasteiger partial charge in [-0.1, -0.05) is 60.7 Å². The van der Waals surface area contributed by atoms with E-state index in [-0.39, 0.29) is 5.70 Å². The number of azo groups is 1. The molecule has 0 fully saturated rings. The maximum Gasteiger partial charge on any atom is 0.358 e. The van der Waals surface area contributed by atoms with Gasteiger partial charge >= 0.3 is 5.97 Å². The zero-order valence-electron chi connectivity index (χ0n) is 12.5. The third-order valence-electron chi connectivity index (χ3n) is 3.96. The Morgan fingerprint density at radius 2 is 1.45 bits per heavy atom. The summed E-state index contributed by atoms with van der Waals surface area (Å²) in [6.45, 7) is 1.88. The second kappa shape index (κ2) is 5.56. The van der Waals surface area contributed by atoms with Crippen LogP contribution in [-0.2, 0) is 15.1 Å². The van der Waals surface area contributed by atoms with Crippen molar-refractivity contribution in [3.8, 4) is 0 Å². The Morgan fingerprint density at radius 3 is 1.91 bits per heavy atom. The Kier molecular flexibility index (Phi) is 3.59. The predicted molar refractivity (Wildman–Crippen MR) is 83.2 cm³/mol. The smallest absolute Gasteiger partial charge is 0.358 e. The highest BCUT2D eigenvalue weighted by Gasteiger charge is 2.43. The molecular weight excluding hydrogens is 276 g/mol. The molecule has 1 heterocycles. The van der Waals surface area contributed by atoms with Gasteiger partial charge in [-0.2, -0.15) is 5.11 Å². The highest BCUT2D eigenvalue weighted by Crippen LogP contribution is 2.46. The third kappa shape index (κ3) is 2.04. The number of carbonyl (C=O) groups is 1. The molecule has 0 atom stereocenters. The van der Waals surface area contributed by atoms with Gasteiger partial charge in [-0.25, -0.2) is 4.79 Å². The number of rotatable bonds is 3. The average molecular weight is 292 g/mol. The van der Waals surface area contributed by atoms with Crippen LogP contribution in [0.1, 0.15) is 18.1 Å². The van der Waals surface area contributed by atoms with Crippen LogP contribution in [0.3, 0.4) is 0 Å². The first-order valence-corrected chi connectivity index (χ1v) is 7.04. The summed E-state index contributed by atoms with van der Waals surface area (Å²) in [5.74, 6) is -0.463. The second-order valence-electron chi connectivity index (χ2n) is 5.11. The quantitative estimate of drug-likeness (QED) is 0.807. The molecule has 0 spiro atoms. The van der Waals surface area contributed by atoms with Gasteiger partial charge in [0.15, 0.2) is 11.2 Å². The number of ether oxygens (including phenoxy) is 1. The van der Waals surface area contributed by atoms with Gasteiger partial charge in [0.25, 0.3) is 0 Å². The van der Waals surface area contributed by atoms with Crippen molar-refractivity contribution in [2.24, 2.45) is 10.2 Å². The second-order valence-corrected chi connectivity index (χ2v) is 5.11. The lowest BCUT2D eigenvalue weighted by molar-refractivity contribution is -0.136. The number of esters is 1. The Balaban J connectivity index is 2.26. The molecule has 110 valence electrons. The van der Waals surface area contributed by atoms with Crippen LogP contribution in [0.25, 0.3) is 0 Å². The normalized spacial score (nSPS) is 15.9. The molecule has 2 aromatic rings. The molecule has 0 amide bonds. The van der Waals surface area contributed by atoms with E-state index in [1.807, 2.05) is 67.6 Å². The van der Waals surface area contributed by atoms with E-state index >= 15 is 0 Å². The molecule has 1 aliphatic heterocycles. The van der Waals surface area contributed by atoms with Crippen LogP contribution in [0.15, 0.2) is 82.2 Å². The summed E-state index contributed by atoms with van der Waals surface area (Å²) < 4.78 is 4.82. The van der Waals surface area contributed by atoms with E-state index < -0.39 is 11.5 Å². The minimum Gasteiger partial charge on any atom is -0.464 e. The van der Waals surface area contributed by atoms with Crippen molar-refractivity contribution in [2.75, 3.05) is 7.11 Å². The first-order chi connectivity index (χ1) is 10.7. The summed E-state index contributed by atoms with van der Waals surface area (Å²) >= 11 is 0. The van der Waals surface area contributed by atoms with Crippen LogP contribution in [0.2, 0.25) is 0 Å². The number of nitrogens with zero attached hydrogens (tertiary/aromatic N) is 2. The predicted octanol–water partition coefficient (Wildman–Crippen LogP) is 3.84. The Bertz CT molecular complexity index is 710. The highest BCUT2D eigenvalue weighted by molar-refractivity contribution is 5.90. The summed E-state index contributed by atoms with van der Waals surface area (Å²) in [5.41, 5.74) is 2.22. The highest BCUT2D eigenvalue weighted by atomic mass is 16.5. The maximum atomic E-state index is 11.9. The summed E-state index contributed by atoms with van der Waals surface area (Å²) in [7, 11) is 1.35.